The summed E-state index contributed by atoms with van der Waals surface area (Å²) in [5, 5.41) is 7.33. The third-order valence-electron chi connectivity index (χ3n) is 9.13. The van der Waals surface area contributed by atoms with Crippen molar-refractivity contribution in [1.82, 2.24) is 19.3 Å². The van der Waals surface area contributed by atoms with Crippen molar-refractivity contribution >= 4 is 21.8 Å². The van der Waals surface area contributed by atoms with Gasteiger partial charge in [0.1, 0.15) is 17.3 Å². The second-order valence-electron chi connectivity index (χ2n) is 13.3. The first-order valence-electron chi connectivity index (χ1n) is 16.7. The minimum atomic E-state index is 0.441. The summed E-state index contributed by atoms with van der Waals surface area (Å²) in [5.41, 5.74) is 10.3. The van der Waals surface area contributed by atoms with E-state index in [1.54, 1.807) is 0 Å². The van der Waals surface area contributed by atoms with Crippen LogP contribution in [0.3, 0.4) is 0 Å². The Morgan fingerprint density at radius 2 is 1.53 bits per heavy atom. The molecule has 5 nitrogen and oxygen atoms in total. The molecule has 0 aliphatic carbocycles. The SMILES string of the molecule is Cc1nn(-c2cccc(Oc3ccc4c5cc(C(C)C)ccc5n(-c5cc(CCC(C)C)ccn5)c4c3)c2)c(C)c1-c1ccccc1. The highest BCUT2D eigenvalue weighted by Crippen LogP contribution is 2.37. The van der Waals surface area contributed by atoms with Crippen molar-refractivity contribution in [1.29, 1.82) is 0 Å². The van der Waals surface area contributed by atoms with E-state index in [4.69, 9.17) is 14.8 Å². The Morgan fingerprint density at radius 3 is 2.32 bits per heavy atom. The summed E-state index contributed by atoms with van der Waals surface area (Å²) in [4.78, 5) is 4.88. The fraction of sp³-hybridized carbons (Fsp3) is 0.238. The van der Waals surface area contributed by atoms with E-state index in [1.807, 2.05) is 29.1 Å². The third kappa shape index (κ3) is 5.94. The molecule has 3 aromatic heterocycles. The van der Waals surface area contributed by atoms with Crippen LogP contribution in [-0.2, 0) is 6.42 Å². The van der Waals surface area contributed by atoms with Crippen LogP contribution < -0.4 is 4.74 Å². The van der Waals surface area contributed by atoms with Crippen molar-refractivity contribution in [3.63, 3.8) is 0 Å². The minimum Gasteiger partial charge on any atom is -0.457 e. The summed E-state index contributed by atoms with van der Waals surface area (Å²) in [7, 11) is 0. The van der Waals surface area contributed by atoms with Gasteiger partial charge in [0.15, 0.2) is 0 Å². The molecule has 5 heteroatoms. The predicted octanol–water partition coefficient (Wildman–Crippen LogP) is 11.2. The maximum absolute atomic E-state index is 6.57. The molecule has 0 N–H and O–H groups in total. The Bertz CT molecular complexity index is 2200. The van der Waals surface area contributed by atoms with Gasteiger partial charge in [0.2, 0.25) is 0 Å². The van der Waals surface area contributed by atoms with Crippen LogP contribution in [0.5, 0.6) is 11.5 Å². The lowest BCUT2D eigenvalue weighted by Crippen LogP contribution is -2.00. The van der Waals surface area contributed by atoms with Crippen LogP contribution in [0.4, 0.5) is 0 Å². The number of ether oxygens (including phenoxy) is 1. The molecular weight excluding hydrogens is 576 g/mol. The van der Waals surface area contributed by atoms with E-state index < -0.39 is 0 Å². The zero-order chi connectivity index (χ0) is 32.7. The molecular formula is C42H42N4O. The van der Waals surface area contributed by atoms with Crippen LogP contribution in [0.25, 0.3) is 44.4 Å². The zero-order valence-corrected chi connectivity index (χ0v) is 28.2. The Balaban J connectivity index is 1.29. The number of pyridine rings is 1. The number of hydrogen-bond acceptors (Lipinski definition) is 3. The van der Waals surface area contributed by atoms with E-state index in [0.717, 1.165) is 63.8 Å². The molecule has 0 unspecified atom stereocenters. The molecule has 0 aliphatic rings. The fourth-order valence-electron chi connectivity index (χ4n) is 6.61. The number of benzene rings is 4. The van der Waals surface area contributed by atoms with E-state index in [9.17, 15) is 0 Å². The molecule has 0 radical (unpaired) electrons. The van der Waals surface area contributed by atoms with Crippen LogP contribution in [0, 0.1) is 19.8 Å². The van der Waals surface area contributed by atoms with Gasteiger partial charge in [-0.05, 0) is 104 Å². The lowest BCUT2D eigenvalue weighted by atomic mass is 10.0. The van der Waals surface area contributed by atoms with E-state index >= 15 is 0 Å². The van der Waals surface area contributed by atoms with E-state index in [2.05, 4.69) is 131 Å². The van der Waals surface area contributed by atoms with Gasteiger partial charge in [0, 0.05) is 40.4 Å². The van der Waals surface area contributed by atoms with E-state index in [0.29, 0.717) is 11.8 Å². The highest BCUT2D eigenvalue weighted by Gasteiger charge is 2.18. The van der Waals surface area contributed by atoms with E-state index in [1.165, 1.54) is 27.5 Å². The van der Waals surface area contributed by atoms with Gasteiger partial charge >= 0.3 is 0 Å². The van der Waals surface area contributed by atoms with Crippen molar-refractivity contribution in [3.8, 4) is 34.1 Å². The molecule has 236 valence electrons. The molecule has 0 spiro atoms. The molecule has 3 heterocycles. The van der Waals surface area contributed by atoms with Gasteiger partial charge in [-0.3, -0.25) is 4.57 Å². The lowest BCUT2D eigenvalue weighted by molar-refractivity contribution is 0.482. The van der Waals surface area contributed by atoms with Gasteiger partial charge in [0.05, 0.1) is 22.4 Å². The first-order chi connectivity index (χ1) is 22.8. The summed E-state index contributed by atoms with van der Waals surface area (Å²) < 4.78 is 10.9. The first-order valence-corrected chi connectivity index (χ1v) is 16.7. The molecule has 0 saturated carbocycles. The van der Waals surface area contributed by atoms with Crippen molar-refractivity contribution < 1.29 is 4.74 Å². The number of aryl methyl sites for hydroxylation is 2. The Morgan fingerprint density at radius 1 is 0.723 bits per heavy atom. The summed E-state index contributed by atoms with van der Waals surface area (Å²) in [6.45, 7) is 13.2. The largest absolute Gasteiger partial charge is 0.457 e. The average Bonchev–Trinajstić information content (AvgIpc) is 3.56. The molecule has 0 aliphatic heterocycles. The Labute approximate surface area is 277 Å². The molecule has 7 rings (SSSR count). The molecule has 7 aromatic rings. The van der Waals surface area contributed by atoms with Crippen LogP contribution in [0.15, 0.2) is 109 Å². The quantitative estimate of drug-likeness (QED) is 0.162. The maximum atomic E-state index is 6.57. The zero-order valence-electron chi connectivity index (χ0n) is 28.2. The van der Waals surface area contributed by atoms with Gasteiger partial charge in [-0.1, -0.05) is 70.2 Å². The number of hydrogen-bond donors (Lipinski definition) is 0. The molecule has 0 bridgehead atoms. The molecule has 4 aromatic carbocycles. The van der Waals surface area contributed by atoms with Gasteiger partial charge < -0.3 is 4.74 Å². The Hall–Kier alpha value is -5.16. The summed E-state index contributed by atoms with van der Waals surface area (Å²) >= 11 is 0. The van der Waals surface area contributed by atoms with Gasteiger partial charge in [-0.2, -0.15) is 5.10 Å². The molecule has 0 atom stereocenters. The highest BCUT2D eigenvalue weighted by molar-refractivity contribution is 6.09. The maximum Gasteiger partial charge on any atom is 0.137 e. The second-order valence-corrected chi connectivity index (χ2v) is 13.3. The summed E-state index contributed by atoms with van der Waals surface area (Å²) in [5.74, 6) is 3.56. The van der Waals surface area contributed by atoms with Crippen molar-refractivity contribution in [2.75, 3.05) is 0 Å². The Kier molecular flexibility index (Phi) is 8.15. The fourth-order valence-corrected chi connectivity index (χ4v) is 6.61. The lowest BCUT2D eigenvalue weighted by Gasteiger charge is -2.12. The molecule has 47 heavy (non-hydrogen) atoms. The highest BCUT2D eigenvalue weighted by atomic mass is 16.5. The monoisotopic (exact) mass is 618 g/mol. The number of nitrogens with zero attached hydrogens (tertiary/aromatic N) is 4. The number of fused-ring (bicyclic) bond motifs is 3. The number of aromatic nitrogens is 4. The third-order valence-corrected chi connectivity index (χ3v) is 9.13. The number of rotatable bonds is 9. The van der Waals surface area contributed by atoms with Crippen molar-refractivity contribution in [3.05, 3.63) is 132 Å². The summed E-state index contributed by atoms with van der Waals surface area (Å²) in [6.07, 6.45) is 4.13. The van der Waals surface area contributed by atoms with Crippen molar-refractivity contribution in [2.45, 2.75) is 60.3 Å². The van der Waals surface area contributed by atoms with Crippen LogP contribution in [0.1, 0.15) is 62.5 Å². The summed E-state index contributed by atoms with van der Waals surface area (Å²) in [6, 6.07) is 36.2. The van der Waals surface area contributed by atoms with Crippen LogP contribution in [0.2, 0.25) is 0 Å². The smallest absolute Gasteiger partial charge is 0.137 e. The topological polar surface area (TPSA) is 44.9 Å². The molecule has 0 amide bonds. The van der Waals surface area contributed by atoms with Crippen molar-refractivity contribution in [2.24, 2.45) is 5.92 Å². The van der Waals surface area contributed by atoms with Crippen LogP contribution in [-0.4, -0.2) is 19.3 Å². The molecule has 0 saturated heterocycles. The minimum absolute atomic E-state index is 0.441. The van der Waals surface area contributed by atoms with Gasteiger partial charge in [-0.15, -0.1) is 0 Å². The van der Waals surface area contributed by atoms with Gasteiger partial charge in [-0.25, -0.2) is 9.67 Å². The normalized spacial score (nSPS) is 11.7. The first kappa shape index (κ1) is 30.5. The van der Waals surface area contributed by atoms with Crippen LogP contribution >= 0.6 is 0 Å². The standard InChI is InChI=1S/C42H42N4O/c1-27(2)15-16-31-21-22-43-41(23-31)45-39-20-17-33(28(3)4)24-38(39)37-19-18-36(26-40(37)45)47-35-14-10-13-34(25-35)46-30(6)42(29(5)44-46)32-11-8-7-9-12-32/h7-14,17-28H,15-16H2,1-6H3. The average molecular weight is 619 g/mol. The predicted molar refractivity (Wildman–Crippen MR) is 194 cm³/mol. The molecule has 0 fully saturated rings. The second kappa shape index (κ2) is 12.6. The van der Waals surface area contributed by atoms with Gasteiger partial charge in [0.25, 0.3) is 0 Å². The van der Waals surface area contributed by atoms with E-state index in [-0.39, 0.29) is 0 Å².